The summed E-state index contributed by atoms with van der Waals surface area (Å²) in [6, 6.07) is 5.28. The molecular formula is C41H58F6N2O6. The Labute approximate surface area is 320 Å². The minimum Gasteiger partial charge on any atom is -0.493 e. The highest BCUT2D eigenvalue weighted by molar-refractivity contribution is 5.91. The van der Waals surface area contributed by atoms with Gasteiger partial charge in [0.25, 0.3) is 0 Å². The molecule has 0 aromatic heterocycles. The van der Waals surface area contributed by atoms with E-state index in [1.165, 1.54) is 31.2 Å². The van der Waals surface area contributed by atoms with Crippen LogP contribution in [0.3, 0.4) is 0 Å². The van der Waals surface area contributed by atoms with Crippen LogP contribution in [0.5, 0.6) is 5.75 Å². The first-order valence-electron chi connectivity index (χ1n) is 19.1. The van der Waals surface area contributed by atoms with Crippen LogP contribution in [-0.4, -0.2) is 47.1 Å². The van der Waals surface area contributed by atoms with Crippen LogP contribution in [0.2, 0.25) is 0 Å². The molecule has 0 bridgehead atoms. The third kappa shape index (κ3) is 20.6. The maximum Gasteiger partial charge on any atom is 0.419 e. The van der Waals surface area contributed by atoms with Gasteiger partial charge in [0.05, 0.1) is 36.2 Å². The zero-order valence-corrected chi connectivity index (χ0v) is 32.3. The topological polar surface area (TPSA) is 150 Å². The number of unbranched alkanes of at least 4 members (excludes halogenated alkanes) is 10. The summed E-state index contributed by atoms with van der Waals surface area (Å²) in [6.07, 6.45) is 2.07. The first-order chi connectivity index (χ1) is 25.8. The smallest absolute Gasteiger partial charge is 0.419 e. The number of aryl methyl sites for hydroxylation is 1. The maximum absolute atomic E-state index is 13.4. The highest BCUT2D eigenvalue weighted by Gasteiger charge is 2.35. The van der Waals surface area contributed by atoms with E-state index in [9.17, 15) is 45.5 Å². The number of carbonyl (C=O) groups excluding carboxylic acids is 3. The van der Waals surface area contributed by atoms with E-state index in [-0.39, 0.29) is 54.1 Å². The van der Waals surface area contributed by atoms with Gasteiger partial charge in [0.2, 0.25) is 0 Å². The second-order valence-electron chi connectivity index (χ2n) is 14.0. The predicted molar refractivity (Wildman–Crippen MR) is 200 cm³/mol. The van der Waals surface area contributed by atoms with Gasteiger partial charge in [-0.1, -0.05) is 96.3 Å². The standard InChI is InChI=1S/C21H30F3NO3.C20H28F3NO3/c1-3-4-5-6-7-8-11-28-20-10-9-16(13-17(20)21(22,23)24)14-19(27)18(25)12-15(2)26;1-2-3-4-5-6-7-8-15-10-9-14(11-16(15)20(21,22)23)12-18(25)17(24)13-19(26)27/h9-10,13,18H,3-8,11-12,14,25H2,1-2H3;9-11,17H,2-8,12-13,24H2,1H3,(H,26,27)/t18-;17-/m00/s1. The zero-order valence-electron chi connectivity index (χ0n) is 32.3. The monoisotopic (exact) mass is 788 g/mol. The first-order valence-corrected chi connectivity index (χ1v) is 19.1. The van der Waals surface area contributed by atoms with Gasteiger partial charge in [-0.25, -0.2) is 0 Å². The molecule has 2 aromatic rings. The van der Waals surface area contributed by atoms with Gasteiger partial charge < -0.3 is 21.3 Å². The number of ether oxygens (including phenoxy) is 1. The Kier molecular flexibility index (Phi) is 22.7. The van der Waals surface area contributed by atoms with E-state index in [2.05, 4.69) is 13.8 Å². The number of hydrogen-bond donors (Lipinski definition) is 3. The van der Waals surface area contributed by atoms with Gasteiger partial charge in [-0.2, -0.15) is 26.3 Å². The molecule has 0 unspecified atom stereocenters. The van der Waals surface area contributed by atoms with E-state index in [0.717, 1.165) is 76.3 Å². The third-order valence-corrected chi connectivity index (χ3v) is 8.87. The molecule has 5 N–H and O–H groups in total. The first kappa shape index (κ1) is 49.2. The number of carboxylic acid groups (broad SMARTS) is 1. The van der Waals surface area contributed by atoms with Crippen molar-refractivity contribution in [3.63, 3.8) is 0 Å². The maximum atomic E-state index is 13.4. The molecule has 14 heteroatoms. The number of hydrogen-bond acceptors (Lipinski definition) is 7. The summed E-state index contributed by atoms with van der Waals surface area (Å²) >= 11 is 0. The molecule has 55 heavy (non-hydrogen) atoms. The molecule has 8 nitrogen and oxygen atoms in total. The van der Waals surface area contributed by atoms with Crippen molar-refractivity contribution < 1.29 is 55.4 Å². The highest BCUT2D eigenvalue weighted by Crippen LogP contribution is 2.37. The SMILES string of the molecule is CCCCCCCCOc1ccc(CC(=O)[C@@H](N)CC(C)=O)cc1C(F)(F)F.CCCCCCCCc1ccc(CC(=O)[C@@H](N)CC(=O)O)cc1C(F)(F)F. The summed E-state index contributed by atoms with van der Waals surface area (Å²) in [5, 5.41) is 8.66. The highest BCUT2D eigenvalue weighted by atomic mass is 19.4. The quantitative estimate of drug-likeness (QED) is 0.0666. The van der Waals surface area contributed by atoms with Crippen molar-refractivity contribution in [2.24, 2.45) is 11.5 Å². The Morgan fingerprint density at radius 3 is 1.60 bits per heavy atom. The fourth-order valence-electron chi connectivity index (χ4n) is 5.80. The lowest BCUT2D eigenvalue weighted by atomic mass is 9.95. The van der Waals surface area contributed by atoms with Crippen LogP contribution in [0.15, 0.2) is 36.4 Å². The van der Waals surface area contributed by atoms with Gasteiger partial charge in [-0.3, -0.25) is 19.2 Å². The normalized spacial score (nSPS) is 12.7. The van der Waals surface area contributed by atoms with E-state index in [0.29, 0.717) is 19.3 Å². The molecule has 0 fully saturated rings. The molecule has 0 amide bonds. The zero-order chi connectivity index (χ0) is 41.6. The summed E-state index contributed by atoms with van der Waals surface area (Å²) < 4.78 is 85.6. The molecule has 0 aliphatic rings. The van der Waals surface area contributed by atoms with Gasteiger partial charge in [-0.15, -0.1) is 0 Å². The fourth-order valence-corrected chi connectivity index (χ4v) is 5.80. The molecule has 0 aliphatic carbocycles. The van der Waals surface area contributed by atoms with Crippen molar-refractivity contribution in [2.75, 3.05) is 6.61 Å². The number of rotatable bonds is 25. The van der Waals surface area contributed by atoms with Crippen LogP contribution >= 0.6 is 0 Å². The summed E-state index contributed by atoms with van der Waals surface area (Å²) in [5.41, 5.74) is 10.1. The lowest BCUT2D eigenvalue weighted by molar-refractivity contribution is -0.139. The minimum absolute atomic E-state index is 0.121. The molecule has 0 saturated carbocycles. The van der Waals surface area contributed by atoms with Crippen molar-refractivity contribution in [3.8, 4) is 5.75 Å². The minimum atomic E-state index is -4.59. The Morgan fingerprint density at radius 2 is 1.11 bits per heavy atom. The number of carbonyl (C=O) groups is 4. The van der Waals surface area contributed by atoms with Gasteiger partial charge >= 0.3 is 18.3 Å². The summed E-state index contributed by atoms with van der Waals surface area (Å²) in [7, 11) is 0. The third-order valence-electron chi connectivity index (χ3n) is 8.87. The summed E-state index contributed by atoms with van der Waals surface area (Å²) in [6.45, 7) is 5.76. The fraction of sp³-hybridized carbons (Fsp3) is 0.610. The van der Waals surface area contributed by atoms with Crippen molar-refractivity contribution in [1.82, 2.24) is 0 Å². The number of carboxylic acids is 1. The summed E-state index contributed by atoms with van der Waals surface area (Å²) in [4.78, 5) is 45.6. The lowest BCUT2D eigenvalue weighted by Crippen LogP contribution is -2.34. The largest absolute Gasteiger partial charge is 0.493 e. The molecule has 0 aliphatic heterocycles. The molecule has 2 atom stereocenters. The average molecular weight is 789 g/mol. The van der Waals surface area contributed by atoms with E-state index >= 15 is 0 Å². The van der Waals surface area contributed by atoms with Crippen molar-refractivity contribution >= 4 is 23.3 Å². The number of halogens is 6. The van der Waals surface area contributed by atoms with Crippen LogP contribution in [0.1, 0.15) is 138 Å². The van der Waals surface area contributed by atoms with Gasteiger partial charge in [0, 0.05) is 19.3 Å². The summed E-state index contributed by atoms with van der Waals surface area (Å²) in [5.74, 6) is -2.75. The molecule has 0 heterocycles. The van der Waals surface area contributed by atoms with E-state index in [1.54, 1.807) is 0 Å². The number of Topliss-reactive ketones (excluding diaryl/α,β-unsaturated/α-hetero) is 3. The Bertz CT molecular complexity index is 1490. The van der Waals surface area contributed by atoms with Crippen molar-refractivity contribution in [1.29, 1.82) is 0 Å². The second-order valence-corrected chi connectivity index (χ2v) is 14.0. The number of nitrogens with two attached hydrogens (primary N) is 2. The van der Waals surface area contributed by atoms with Crippen LogP contribution < -0.4 is 16.2 Å². The molecule has 2 rings (SSSR count). The molecule has 0 radical (unpaired) electrons. The average Bonchev–Trinajstić information content (AvgIpc) is 3.09. The van der Waals surface area contributed by atoms with E-state index in [1.807, 2.05) is 0 Å². The molecule has 2 aromatic carbocycles. The number of ketones is 3. The Balaban J connectivity index is 0.000000550. The molecule has 0 spiro atoms. The van der Waals surface area contributed by atoms with E-state index in [4.69, 9.17) is 21.3 Å². The number of benzene rings is 2. The molecule has 0 saturated heterocycles. The van der Waals surface area contributed by atoms with E-state index < -0.39 is 59.5 Å². The van der Waals surface area contributed by atoms with Crippen molar-refractivity contribution in [3.05, 3.63) is 64.2 Å². The van der Waals surface area contributed by atoms with Crippen molar-refractivity contribution in [2.45, 2.75) is 154 Å². The second kappa shape index (κ2) is 25.4. The lowest BCUT2D eigenvalue weighted by Gasteiger charge is -2.16. The number of alkyl halides is 6. The number of aliphatic carboxylic acids is 1. The van der Waals surface area contributed by atoms with Gasteiger partial charge in [0.1, 0.15) is 11.5 Å². The van der Waals surface area contributed by atoms with Crippen LogP contribution in [-0.2, 0) is 50.8 Å². The van der Waals surface area contributed by atoms with Gasteiger partial charge in [0.15, 0.2) is 11.6 Å². The predicted octanol–water partition coefficient (Wildman–Crippen LogP) is 9.38. The van der Waals surface area contributed by atoms with Crippen LogP contribution in [0.4, 0.5) is 26.3 Å². The van der Waals surface area contributed by atoms with Gasteiger partial charge in [-0.05, 0) is 61.1 Å². The Morgan fingerprint density at radius 1 is 0.655 bits per heavy atom. The molecular weight excluding hydrogens is 730 g/mol. The van der Waals surface area contributed by atoms with Crippen LogP contribution in [0, 0.1) is 0 Å². The Hall–Kier alpha value is -3.78. The van der Waals surface area contributed by atoms with Crippen LogP contribution in [0.25, 0.3) is 0 Å². The molecule has 310 valence electrons.